The van der Waals surface area contributed by atoms with Gasteiger partial charge in [0.05, 0.1) is 31.9 Å². The molecule has 1 aliphatic heterocycles. The van der Waals surface area contributed by atoms with Crippen LogP contribution in [0, 0.1) is 17.0 Å². The van der Waals surface area contributed by atoms with Crippen LogP contribution in [-0.4, -0.2) is 46.0 Å². The van der Waals surface area contributed by atoms with E-state index in [0.29, 0.717) is 22.2 Å². The van der Waals surface area contributed by atoms with Crippen LogP contribution in [0.5, 0.6) is 0 Å². The minimum Gasteiger partial charge on any atom is -0.462 e. The predicted octanol–water partition coefficient (Wildman–Crippen LogP) is 6.56. The number of halogens is 1. The van der Waals surface area contributed by atoms with Crippen molar-refractivity contribution in [3.63, 3.8) is 0 Å². The Labute approximate surface area is 248 Å². The summed E-state index contributed by atoms with van der Waals surface area (Å²) >= 11 is 7.91. The summed E-state index contributed by atoms with van der Waals surface area (Å²) in [4.78, 5) is 63.5. The minimum atomic E-state index is -0.709. The third-order valence-electron chi connectivity index (χ3n) is 5.65. The summed E-state index contributed by atoms with van der Waals surface area (Å²) in [6.07, 6.45) is 1.38. The number of rotatable bonds is 9. The van der Waals surface area contributed by atoms with Gasteiger partial charge in [-0.1, -0.05) is 47.1 Å². The van der Waals surface area contributed by atoms with Crippen LogP contribution in [0.15, 0.2) is 75.4 Å². The summed E-state index contributed by atoms with van der Waals surface area (Å²) in [6.45, 7) is 3.15. The van der Waals surface area contributed by atoms with Gasteiger partial charge in [0, 0.05) is 16.6 Å². The molecule has 4 rings (SSSR count). The van der Waals surface area contributed by atoms with Crippen molar-refractivity contribution in [3.05, 3.63) is 97.4 Å². The van der Waals surface area contributed by atoms with E-state index < -0.39 is 34.5 Å². The third-order valence-corrected chi connectivity index (χ3v) is 7.96. The first kappa shape index (κ1) is 29.8. The Bertz CT molecular complexity index is 1590. The number of anilines is 1. The highest BCUT2D eigenvalue weighted by atomic mass is 35.5. The van der Waals surface area contributed by atoms with Crippen LogP contribution < -0.4 is 5.32 Å². The second-order valence-corrected chi connectivity index (χ2v) is 11.1. The summed E-state index contributed by atoms with van der Waals surface area (Å²) < 4.78 is 4.94. The molecule has 3 amide bonds. The largest absolute Gasteiger partial charge is 0.462 e. The van der Waals surface area contributed by atoms with E-state index in [1.165, 1.54) is 42.1 Å². The van der Waals surface area contributed by atoms with Gasteiger partial charge in [0.1, 0.15) is 6.54 Å². The summed E-state index contributed by atoms with van der Waals surface area (Å²) in [5.41, 5.74) is 1.55. The second-order valence-electron chi connectivity index (χ2n) is 8.63. The average Bonchev–Trinajstić information content (AvgIpc) is 3.19. The van der Waals surface area contributed by atoms with Crippen molar-refractivity contribution in [3.8, 4) is 0 Å². The maximum atomic E-state index is 12.9. The lowest BCUT2D eigenvalue weighted by molar-refractivity contribution is -0.387. The van der Waals surface area contributed by atoms with Gasteiger partial charge in [-0.05, 0) is 73.6 Å². The zero-order chi connectivity index (χ0) is 29.7. The van der Waals surface area contributed by atoms with Crippen molar-refractivity contribution in [2.75, 3.05) is 18.5 Å². The number of hydrogen-bond donors (Lipinski definition) is 1. The average molecular weight is 612 g/mol. The van der Waals surface area contributed by atoms with E-state index in [0.717, 1.165) is 15.4 Å². The molecular formula is C28H22ClN3O7S2. The van der Waals surface area contributed by atoms with Gasteiger partial charge in [-0.2, -0.15) is 0 Å². The second kappa shape index (κ2) is 13.0. The molecule has 3 aromatic carbocycles. The van der Waals surface area contributed by atoms with Crippen molar-refractivity contribution in [1.82, 2.24) is 4.90 Å². The van der Waals surface area contributed by atoms with Gasteiger partial charge in [0.15, 0.2) is 0 Å². The molecule has 41 heavy (non-hydrogen) atoms. The molecule has 1 saturated heterocycles. The van der Waals surface area contributed by atoms with Gasteiger partial charge in [-0.3, -0.25) is 29.4 Å². The Morgan fingerprint density at radius 3 is 2.54 bits per heavy atom. The van der Waals surface area contributed by atoms with E-state index in [9.17, 15) is 29.3 Å². The van der Waals surface area contributed by atoms with E-state index in [4.69, 9.17) is 16.3 Å². The van der Waals surface area contributed by atoms with Crippen LogP contribution in [0.1, 0.15) is 28.4 Å². The molecule has 0 atom stereocenters. The number of hydrogen-bond acceptors (Lipinski definition) is 9. The van der Waals surface area contributed by atoms with Crippen molar-refractivity contribution >= 4 is 75.6 Å². The summed E-state index contributed by atoms with van der Waals surface area (Å²) in [5.74, 6) is -2.05. The van der Waals surface area contributed by atoms with Crippen molar-refractivity contribution in [2.24, 2.45) is 0 Å². The lowest BCUT2D eigenvalue weighted by Gasteiger charge is -2.13. The number of amides is 3. The maximum absolute atomic E-state index is 12.9. The van der Waals surface area contributed by atoms with Gasteiger partial charge in [0.25, 0.3) is 16.8 Å². The molecule has 13 heteroatoms. The highest BCUT2D eigenvalue weighted by Gasteiger charge is 2.36. The van der Waals surface area contributed by atoms with Gasteiger partial charge in [-0.15, -0.1) is 0 Å². The molecule has 0 aliphatic carbocycles. The molecule has 3 aromatic rings. The van der Waals surface area contributed by atoms with E-state index in [2.05, 4.69) is 5.32 Å². The van der Waals surface area contributed by atoms with Crippen molar-refractivity contribution in [2.45, 2.75) is 23.6 Å². The molecule has 0 radical (unpaired) electrons. The number of imide groups is 1. The Morgan fingerprint density at radius 1 is 1.12 bits per heavy atom. The number of esters is 1. The third kappa shape index (κ3) is 7.34. The highest BCUT2D eigenvalue weighted by molar-refractivity contribution is 8.18. The molecule has 1 heterocycles. The normalized spacial score (nSPS) is 13.9. The van der Waals surface area contributed by atoms with Crippen LogP contribution in [0.3, 0.4) is 0 Å². The van der Waals surface area contributed by atoms with Crippen LogP contribution in [0.25, 0.3) is 6.08 Å². The first-order valence-electron chi connectivity index (χ1n) is 12.1. The van der Waals surface area contributed by atoms with Crippen LogP contribution in [0.4, 0.5) is 16.2 Å². The fraction of sp³-hybridized carbons (Fsp3) is 0.143. The smallest absolute Gasteiger partial charge is 0.339 e. The Balaban J connectivity index is 1.47. The lowest BCUT2D eigenvalue weighted by atomic mass is 10.2. The quantitative estimate of drug-likeness (QED) is 0.123. The van der Waals surface area contributed by atoms with Crippen LogP contribution in [0.2, 0.25) is 5.02 Å². The monoisotopic (exact) mass is 611 g/mol. The number of carbonyl (C=O) groups is 4. The molecule has 0 aromatic heterocycles. The van der Waals surface area contributed by atoms with E-state index in [1.807, 2.05) is 31.2 Å². The molecule has 0 unspecified atom stereocenters. The summed E-state index contributed by atoms with van der Waals surface area (Å²) in [7, 11) is 0. The van der Waals surface area contributed by atoms with Crippen molar-refractivity contribution in [1.29, 1.82) is 0 Å². The summed E-state index contributed by atoms with van der Waals surface area (Å²) in [6, 6.07) is 16.3. The zero-order valence-electron chi connectivity index (χ0n) is 21.7. The molecule has 0 bridgehead atoms. The summed E-state index contributed by atoms with van der Waals surface area (Å²) in [5, 5.41) is 13.8. The first-order chi connectivity index (χ1) is 19.5. The van der Waals surface area contributed by atoms with Crippen LogP contribution >= 0.6 is 35.1 Å². The topological polar surface area (TPSA) is 136 Å². The number of benzene rings is 3. The Hall–Kier alpha value is -4.13. The molecule has 210 valence electrons. The number of carbonyl (C=O) groups excluding carboxylic acids is 4. The zero-order valence-corrected chi connectivity index (χ0v) is 24.1. The number of nitrogens with one attached hydrogen (secondary N) is 1. The molecule has 1 N–H and O–H groups in total. The first-order valence-corrected chi connectivity index (χ1v) is 14.1. The number of aryl methyl sites for hydroxylation is 1. The van der Waals surface area contributed by atoms with Crippen LogP contribution in [-0.2, 0) is 14.3 Å². The Kier molecular flexibility index (Phi) is 9.48. The molecule has 1 aliphatic rings. The number of ether oxygens (including phenoxy) is 1. The van der Waals surface area contributed by atoms with Gasteiger partial charge >= 0.3 is 5.97 Å². The molecule has 10 nitrogen and oxygen atoms in total. The highest BCUT2D eigenvalue weighted by Crippen LogP contribution is 2.37. The number of nitro benzene ring substituents is 1. The van der Waals surface area contributed by atoms with Crippen molar-refractivity contribution < 1.29 is 28.8 Å². The molecular weight excluding hydrogens is 590 g/mol. The van der Waals surface area contributed by atoms with Gasteiger partial charge in [-0.25, -0.2) is 4.79 Å². The Morgan fingerprint density at radius 2 is 1.85 bits per heavy atom. The number of thioether (sulfide) groups is 1. The van der Waals surface area contributed by atoms with E-state index in [-0.39, 0.29) is 33.5 Å². The fourth-order valence-corrected chi connectivity index (χ4v) is 5.62. The predicted molar refractivity (Wildman–Crippen MR) is 157 cm³/mol. The van der Waals surface area contributed by atoms with Gasteiger partial charge < -0.3 is 10.1 Å². The number of nitro groups is 1. The maximum Gasteiger partial charge on any atom is 0.339 e. The minimum absolute atomic E-state index is 0.0205. The number of nitrogens with zero attached hydrogens (tertiary/aromatic N) is 2. The van der Waals surface area contributed by atoms with E-state index >= 15 is 0 Å². The molecule has 0 saturated carbocycles. The molecule has 0 spiro atoms. The fourth-order valence-electron chi connectivity index (χ4n) is 3.69. The lowest BCUT2D eigenvalue weighted by Crippen LogP contribution is -2.36. The van der Waals surface area contributed by atoms with Gasteiger partial charge in [0.2, 0.25) is 5.91 Å². The van der Waals surface area contributed by atoms with E-state index in [1.54, 1.807) is 19.1 Å². The SMILES string of the molecule is CCOC(=O)c1cc(NC(=O)CN2C(=O)S/C(=C\c3ccc(Sc4ccc(C)cc4)c([N+](=O)[O-])c3)C2=O)ccc1Cl. The molecule has 1 fully saturated rings. The standard InChI is InChI=1S/C28H22ClN3O7S2/c1-3-39-27(35)20-14-18(7-10-21(20)29)30-25(33)15-31-26(34)24(41-28(31)36)13-17-6-11-23(22(12-17)32(37)38)40-19-8-4-16(2)5-9-19/h4-14H,3,15H2,1-2H3,(H,30,33)/b24-13-.